The van der Waals surface area contributed by atoms with Crippen molar-refractivity contribution in [3.8, 4) is 0 Å². The van der Waals surface area contributed by atoms with Crippen LogP contribution in [0.1, 0.15) is 38.5 Å². The van der Waals surface area contributed by atoms with E-state index in [1.54, 1.807) is 0 Å². The minimum absolute atomic E-state index is 0.226. The molecule has 2 saturated carbocycles. The molecule has 24 heavy (non-hydrogen) atoms. The Kier molecular flexibility index (Phi) is 4.49. The van der Waals surface area contributed by atoms with E-state index in [4.69, 9.17) is 0 Å². The largest absolute Gasteiger partial charge is 0.396 e. The zero-order valence-electron chi connectivity index (χ0n) is 14.3. The van der Waals surface area contributed by atoms with E-state index in [0.29, 0.717) is 17.8 Å². The molecule has 1 aliphatic heterocycles. The predicted molar refractivity (Wildman–Crippen MR) is 96.0 cm³/mol. The lowest BCUT2D eigenvalue weighted by Gasteiger charge is -2.34. The zero-order valence-corrected chi connectivity index (χ0v) is 14.3. The van der Waals surface area contributed by atoms with Gasteiger partial charge in [0.15, 0.2) is 0 Å². The third-order valence-electron chi connectivity index (χ3n) is 6.33. The first kappa shape index (κ1) is 15.9. The quantitative estimate of drug-likeness (QED) is 0.892. The van der Waals surface area contributed by atoms with E-state index < -0.39 is 0 Å². The van der Waals surface area contributed by atoms with E-state index in [1.165, 1.54) is 25.7 Å². The highest BCUT2D eigenvalue weighted by molar-refractivity contribution is 5.97. The third kappa shape index (κ3) is 3.04. The third-order valence-corrected chi connectivity index (χ3v) is 6.33. The maximum atomic E-state index is 12.7. The molecule has 0 radical (unpaired) electrons. The van der Waals surface area contributed by atoms with Crippen LogP contribution in [-0.4, -0.2) is 30.7 Å². The number of nitrogens with zero attached hydrogens (tertiary/aromatic N) is 1. The van der Waals surface area contributed by atoms with Gasteiger partial charge in [-0.15, -0.1) is 0 Å². The van der Waals surface area contributed by atoms with E-state index in [-0.39, 0.29) is 18.4 Å². The summed E-state index contributed by atoms with van der Waals surface area (Å²) in [6.45, 7) is 2.19. The number of hydrogen-bond acceptors (Lipinski definition) is 3. The van der Waals surface area contributed by atoms with Crippen molar-refractivity contribution in [1.29, 1.82) is 0 Å². The number of carbonyl (C=O) groups excluding carboxylic acids is 1. The van der Waals surface area contributed by atoms with Gasteiger partial charge in [0.25, 0.3) is 0 Å². The van der Waals surface area contributed by atoms with Crippen molar-refractivity contribution < 1.29 is 9.90 Å². The van der Waals surface area contributed by atoms with Crippen LogP contribution in [0.4, 0.5) is 11.4 Å². The molecule has 3 fully saturated rings. The van der Waals surface area contributed by atoms with Crippen molar-refractivity contribution in [1.82, 2.24) is 0 Å². The van der Waals surface area contributed by atoms with Crippen molar-refractivity contribution >= 4 is 17.3 Å². The van der Waals surface area contributed by atoms with E-state index in [2.05, 4.69) is 16.3 Å². The summed E-state index contributed by atoms with van der Waals surface area (Å²) in [5.74, 6) is 2.19. The van der Waals surface area contributed by atoms with Gasteiger partial charge in [-0.1, -0.05) is 25.0 Å². The standard InChI is InChI=1S/C20H28N2O2/c23-13-14-9-11-22(12-10-14)18-8-4-3-7-17(18)21-20(24)19-15-5-1-2-6-16(15)19/h3-4,7-8,14-16,19,23H,1-2,5-6,9-13H2,(H,21,24). The number of para-hydroxylation sites is 2. The smallest absolute Gasteiger partial charge is 0.228 e. The monoisotopic (exact) mass is 328 g/mol. The fourth-order valence-electron chi connectivity index (χ4n) is 4.81. The molecule has 130 valence electrons. The van der Waals surface area contributed by atoms with Gasteiger partial charge in [-0.2, -0.15) is 0 Å². The molecule has 2 atom stereocenters. The van der Waals surface area contributed by atoms with Crippen LogP contribution >= 0.6 is 0 Å². The Morgan fingerprint density at radius 1 is 1.08 bits per heavy atom. The first-order chi connectivity index (χ1) is 11.8. The average Bonchev–Trinajstić information content (AvgIpc) is 3.37. The number of hydrogen-bond donors (Lipinski definition) is 2. The second-order valence-electron chi connectivity index (χ2n) is 7.76. The average molecular weight is 328 g/mol. The van der Waals surface area contributed by atoms with Gasteiger partial charge in [0.1, 0.15) is 0 Å². The summed E-state index contributed by atoms with van der Waals surface area (Å²) in [4.78, 5) is 15.1. The van der Waals surface area contributed by atoms with Crippen molar-refractivity contribution in [2.75, 3.05) is 29.9 Å². The Morgan fingerprint density at radius 3 is 2.42 bits per heavy atom. The highest BCUT2D eigenvalue weighted by Gasteiger charge is 2.54. The van der Waals surface area contributed by atoms with Crippen LogP contribution in [0, 0.1) is 23.7 Å². The van der Waals surface area contributed by atoms with Crippen LogP contribution < -0.4 is 10.2 Å². The SMILES string of the molecule is O=C(Nc1ccccc1N1CCC(CO)CC1)C1C2CCCCC21. The van der Waals surface area contributed by atoms with Crippen LogP contribution in [0.3, 0.4) is 0 Å². The van der Waals surface area contributed by atoms with Gasteiger partial charge in [0.2, 0.25) is 5.91 Å². The molecule has 3 aliphatic rings. The highest BCUT2D eigenvalue weighted by Crippen LogP contribution is 2.55. The first-order valence-electron chi connectivity index (χ1n) is 9.53. The van der Waals surface area contributed by atoms with Crippen LogP contribution in [0.5, 0.6) is 0 Å². The van der Waals surface area contributed by atoms with Crippen LogP contribution in [0.25, 0.3) is 0 Å². The molecule has 2 N–H and O–H groups in total. The molecule has 1 aromatic carbocycles. The van der Waals surface area contributed by atoms with Crippen molar-refractivity contribution in [2.45, 2.75) is 38.5 Å². The Balaban J connectivity index is 1.43. The first-order valence-corrected chi connectivity index (χ1v) is 9.53. The maximum absolute atomic E-state index is 12.7. The van der Waals surface area contributed by atoms with Gasteiger partial charge >= 0.3 is 0 Å². The molecule has 1 aromatic rings. The van der Waals surface area contributed by atoms with Gasteiger partial charge in [-0.05, 0) is 55.6 Å². The van der Waals surface area contributed by atoms with Gasteiger partial charge in [-0.25, -0.2) is 0 Å². The summed E-state index contributed by atoms with van der Waals surface area (Å²) in [6, 6.07) is 8.17. The topological polar surface area (TPSA) is 52.6 Å². The minimum Gasteiger partial charge on any atom is -0.396 e. The van der Waals surface area contributed by atoms with Crippen molar-refractivity contribution in [3.63, 3.8) is 0 Å². The number of aliphatic hydroxyl groups excluding tert-OH is 1. The lowest BCUT2D eigenvalue weighted by atomic mass is 9.97. The van der Waals surface area contributed by atoms with Gasteiger partial charge in [0.05, 0.1) is 11.4 Å². The van der Waals surface area contributed by atoms with Gasteiger partial charge < -0.3 is 15.3 Å². The second-order valence-corrected chi connectivity index (χ2v) is 7.76. The summed E-state index contributed by atoms with van der Waals surface area (Å²) in [6.07, 6.45) is 7.10. The fraction of sp³-hybridized carbons (Fsp3) is 0.650. The molecule has 0 aromatic heterocycles. The summed E-state index contributed by atoms with van der Waals surface area (Å²) >= 11 is 0. The van der Waals surface area contributed by atoms with E-state index in [1.807, 2.05) is 18.2 Å². The summed E-state index contributed by atoms with van der Waals surface area (Å²) in [7, 11) is 0. The number of fused-ring (bicyclic) bond motifs is 1. The number of anilines is 2. The normalized spacial score (nSPS) is 29.9. The summed E-state index contributed by atoms with van der Waals surface area (Å²) in [5, 5.41) is 12.5. The Hall–Kier alpha value is -1.55. The van der Waals surface area contributed by atoms with Gasteiger partial charge in [0, 0.05) is 25.6 Å². The number of carbonyl (C=O) groups is 1. The molecular formula is C20H28N2O2. The zero-order chi connectivity index (χ0) is 16.5. The molecule has 2 aliphatic carbocycles. The number of amides is 1. The molecule has 4 heteroatoms. The van der Waals surface area contributed by atoms with Crippen LogP contribution in [0.15, 0.2) is 24.3 Å². The number of piperidine rings is 1. The Labute approximate surface area is 144 Å². The molecule has 2 unspecified atom stereocenters. The minimum atomic E-state index is 0.226. The van der Waals surface area contributed by atoms with Crippen LogP contribution in [0.2, 0.25) is 0 Å². The second kappa shape index (κ2) is 6.75. The predicted octanol–water partition coefficient (Wildman–Crippen LogP) is 3.27. The van der Waals surface area contributed by atoms with E-state index in [0.717, 1.165) is 37.3 Å². The van der Waals surface area contributed by atoms with Crippen molar-refractivity contribution in [3.05, 3.63) is 24.3 Å². The molecule has 0 spiro atoms. The molecule has 4 nitrogen and oxygen atoms in total. The highest BCUT2D eigenvalue weighted by atomic mass is 16.3. The summed E-state index contributed by atoms with van der Waals surface area (Å²) in [5.41, 5.74) is 2.08. The molecule has 1 amide bonds. The molecule has 1 saturated heterocycles. The maximum Gasteiger partial charge on any atom is 0.228 e. The lowest BCUT2D eigenvalue weighted by Crippen LogP contribution is -2.35. The van der Waals surface area contributed by atoms with E-state index >= 15 is 0 Å². The van der Waals surface area contributed by atoms with Gasteiger partial charge in [-0.3, -0.25) is 4.79 Å². The van der Waals surface area contributed by atoms with Crippen molar-refractivity contribution in [2.24, 2.45) is 23.7 Å². The molecule has 0 bridgehead atoms. The summed E-state index contributed by atoms with van der Waals surface area (Å²) < 4.78 is 0. The number of aliphatic hydroxyl groups is 1. The molecular weight excluding hydrogens is 300 g/mol. The number of rotatable bonds is 4. The number of nitrogens with one attached hydrogen (secondary N) is 1. The number of benzene rings is 1. The van der Waals surface area contributed by atoms with Crippen LogP contribution in [-0.2, 0) is 4.79 Å². The van der Waals surface area contributed by atoms with E-state index in [9.17, 15) is 9.90 Å². The Morgan fingerprint density at radius 2 is 1.75 bits per heavy atom. The lowest BCUT2D eigenvalue weighted by molar-refractivity contribution is -0.117. The Bertz CT molecular complexity index is 583. The molecule has 1 heterocycles. The fourth-order valence-corrected chi connectivity index (χ4v) is 4.81. The molecule has 4 rings (SSSR count).